The fourth-order valence-electron chi connectivity index (χ4n) is 3.74. The quantitative estimate of drug-likeness (QED) is 0.457. The van der Waals surface area contributed by atoms with Crippen LogP contribution >= 0.6 is 0 Å². The summed E-state index contributed by atoms with van der Waals surface area (Å²) in [6.07, 6.45) is 4.16. The summed E-state index contributed by atoms with van der Waals surface area (Å²) in [6, 6.07) is 12.3. The average Bonchev–Trinajstić information content (AvgIpc) is 3.28. The highest BCUT2D eigenvalue weighted by Crippen LogP contribution is 2.20. The van der Waals surface area contributed by atoms with Crippen molar-refractivity contribution in [2.45, 2.75) is 52.3 Å². The molecule has 0 aliphatic carbocycles. The van der Waals surface area contributed by atoms with Crippen LogP contribution in [0.3, 0.4) is 0 Å². The number of piperidine rings is 1. The first-order chi connectivity index (χ1) is 14.5. The van der Waals surface area contributed by atoms with E-state index in [4.69, 9.17) is 9.41 Å². The van der Waals surface area contributed by atoms with Gasteiger partial charge in [0.25, 0.3) is 0 Å². The lowest BCUT2D eigenvalue weighted by molar-refractivity contribution is 0.0386. The zero-order valence-electron chi connectivity index (χ0n) is 18.5. The van der Waals surface area contributed by atoms with Crippen LogP contribution in [0.2, 0.25) is 0 Å². The molecular formula is C24H36N4O2. The van der Waals surface area contributed by atoms with Gasteiger partial charge in [0.1, 0.15) is 11.4 Å². The van der Waals surface area contributed by atoms with Crippen molar-refractivity contribution in [2.24, 2.45) is 10.9 Å². The molecule has 6 nitrogen and oxygen atoms in total. The van der Waals surface area contributed by atoms with E-state index in [9.17, 15) is 5.11 Å². The largest absolute Gasteiger partial charge is 0.466 e. The van der Waals surface area contributed by atoms with E-state index < -0.39 is 5.60 Å². The van der Waals surface area contributed by atoms with Crippen LogP contribution in [0.25, 0.3) is 0 Å². The lowest BCUT2D eigenvalue weighted by atomic mass is 9.98. The molecule has 1 fully saturated rings. The number of likely N-dealkylation sites (tertiary alicyclic amines) is 1. The highest BCUT2D eigenvalue weighted by molar-refractivity contribution is 5.79. The van der Waals surface area contributed by atoms with Crippen molar-refractivity contribution < 1.29 is 9.52 Å². The van der Waals surface area contributed by atoms with Crippen molar-refractivity contribution in [2.75, 3.05) is 26.2 Å². The Bertz CT molecular complexity index is 793. The summed E-state index contributed by atoms with van der Waals surface area (Å²) in [4.78, 5) is 7.25. The van der Waals surface area contributed by atoms with Gasteiger partial charge in [-0.1, -0.05) is 31.2 Å². The number of nitrogens with zero attached hydrogens (tertiary/aromatic N) is 2. The van der Waals surface area contributed by atoms with Crippen molar-refractivity contribution in [1.82, 2.24) is 15.5 Å². The topological polar surface area (TPSA) is 73.0 Å². The third kappa shape index (κ3) is 6.61. The molecule has 1 aliphatic heterocycles. The number of guanidine groups is 1. The molecule has 3 rings (SSSR count). The molecule has 0 spiro atoms. The molecule has 0 amide bonds. The van der Waals surface area contributed by atoms with Gasteiger partial charge in [0, 0.05) is 13.1 Å². The Hall–Kier alpha value is -2.31. The summed E-state index contributed by atoms with van der Waals surface area (Å²) in [7, 11) is 0. The number of hydrogen-bond donors (Lipinski definition) is 3. The average molecular weight is 413 g/mol. The number of aliphatic imine (C=N–C) groups is 1. The third-order valence-corrected chi connectivity index (χ3v) is 5.69. The van der Waals surface area contributed by atoms with Crippen LogP contribution in [0.1, 0.15) is 50.5 Å². The molecule has 1 aromatic carbocycles. The maximum absolute atomic E-state index is 10.6. The lowest BCUT2D eigenvalue weighted by Crippen LogP contribution is -2.44. The van der Waals surface area contributed by atoms with Crippen LogP contribution in [0, 0.1) is 5.92 Å². The van der Waals surface area contributed by atoms with Gasteiger partial charge >= 0.3 is 0 Å². The Morgan fingerprint density at radius 3 is 2.67 bits per heavy atom. The van der Waals surface area contributed by atoms with Gasteiger partial charge < -0.3 is 20.2 Å². The molecule has 1 atom stereocenters. The number of hydrogen-bond acceptors (Lipinski definition) is 4. The summed E-state index contributed by atoms with van der Waals surface area (Å²) in [5.74, 6) is 2.07. The van der Waals surface area contributed by atoms with Crippen LogP contribution in [-0.2, 0) is 18.7 Å². The van der Waals surface area contributed by atoms with Crippen LogP contribution in [0.4, 0.5) is 0 Å². The minimum Gasteiger partial charge on any atom is -0.466 e. The molecule has 0 bridgehead atoms. The highest BCUT2D eigenvalue weighted by atomic mass is 16.4. The number of furan rings is 1. The number of aliphatic hydroxyl groups is 1. The second-order valence-electron chi connectivity index (χ2n) is 8.58. The molecule has 2 heterocycles. The van der Waals surface area contributed by atoms with E-state index in [2.05, 4.69) is 46.7 Å². The minimum atomic E-state index is -1.11. The summed E-state index contributed by atoms with van der Waals surface area (Å²) in [6.45, 7) is 11.1. The van der Waals surface area contributed by atoms with Crippen molar-refractivity contribution >= 4 is 5.96 Å². The second kappa shape index (κ2) is 10.6. The molecule has 2 aromatic rings. The van der Waals surface area contributed by atoms with E-state index in [-0.39, 0.29) is 0 Å². The molecule has 3 N–H and O–H groups in total. The predicted molar refractivity (Wildman–Crippen MR) is 121 cm³/mol. The lowest BCUT2D eigenvalue weighted by Gasteiger charge is -2.30. The Morgan fingerprint density at radius 1 is 1.20 bits per heavy atom. The van der Waals surface area contributed by atoms with Gasteiger partial charge in [-0.2, -0.15) is 0 Å². The third-order valence-electron chi connectivity index (χ3n) is 5.69. The maximum atomic E-state index is 10.6. The van der Waals surface area contributed by atoms with Crippen LogP contribution in [-0.4, -0.2) is 42.1 Å². The van der Waals surface area contributed by atoms with E-state index >= 15 is 0 Å². The Labute approximate surface area is 180 Å². The molecule has 164 valence electrons. The maximum Gasteiger partial charge on any atom is 0.191 e. The van der Waals surface area contributed by atoms with Crippen molar-refractivity contribution in [3.8, 4) is 0 Å². The molecule has 1 saturated heterocycles. The van der Waals surface area contributed by atoms with Gasteiger partial charge in [0.2, 0.25) is 0 Å². The van der Waals surface area contributed by atoms with E-state index in [0.29, 0.717) is 24.8 Å². The molecule has 1 aromatic heterocycles. The van der Waals surface area contributed by atoms with Gasteiger partial charge in [-0.25, -0.2) is 4.99 Å². The monoisotopic (exact) mass is 412 g/mol. The molecule has 1 aliphatic rings. The zero-order chi connectivity index (χ0) is 21.4. The normalized spacial score (nSPS) is 18.2. The molecule has 6 heteroatoms. The number of benzene rings is 1. The van der Waals surface area contributed by atoms with Gasteiger partial charge in [-0.05, 0) is 69.0 Å². The van der Waals surface area contributed by atoms with Crippen molar-refractivity contribution in [3.63, 3.8) is 0 Å². The van der Waals surface area contributed by atoms with E-state index in [1.807, 2.05) is 6.92 Å². The Kier molecular flexibility index (Phi) is 7.94. The zero-order valence-corrected chi connectivity index (χ0v) is 18.5. The minimum absolute atomic E-state index is 0.305. The van der Waals surface area contributed by atoms with Crippen LogP contribution in [0.15, 0.2) is 52.1 Å². The van der Waals surface area contributed by atoms with Gasteiger partial charge in [-0.3, -0.25) is 4.90 Å². The fourth-order valence-corrected chi connectivity index (χ4v) is 3.74. The van der Waals surface area contributed by atoms with Crippen LogP contribution < -0.4 is 10.6 Å². The van der Waals surface area contributed by atoms with E-state index in [1.165, 1.54) is 37.1 Å². The van der Waals surface area contributed by atoms with Gasteiger partial charge in [0.05, 0.1) is 19.4 Å². The predicted octanol–water partition coefficient (Wildman–Crippen LogP) is 3.47. The van der Waals surface area contributed by atoms with Crippen LogP contribution in [0.5, 0.6) is 0 Å². The molecule has 0 saturated carbocycles. The molecule has 0 radical (unpaired) electrons. The number of rotatable bonds is 8. The Morgan fingerprint density at radius 2 is 1.97 bits per heavy atom. The summed E-state index contributed by atoms with van der Waals surface area (Å²) < 4.78 is 5.35. The van der Waals surface area contributed by atoms with Gasteiger partial charge in [-0.15, -0.1) is 0 Å². The fraction of sp³-hybridized carbons (Fsp3) is 0.542. The number of nitrogens with one attached hydrogen (secondary N) is 2. The van der Waals surface area contributed by atoms with E-state index in [0.717, 1.165) is 19.0 Å². The summed E-state index contributed by atoms with van der Waals surface area (Å²) in [5.41, 5.74) is 1.43. The highest BCUT2D eigenvalue weighted by Gasteiger charge is 2.26. The Balaban J connectivity index is 1.57. The molecular weight excluding hydrogens is 376 g/mol. The first kappa shape index (κ1) is 22.4. The standard InChI is InChI=1S/C24H36N4O2/c1-4-25-23(27-18-24(3,29)22-9-6-14-30-22)26-16-20-7-5-8-21(15-20)17-28-12-10-19(2)11-13-28/h5-9,14-15,19,29H,4,10-13,16-18H2,1-3H3,(H2,25,26,27). The summed E-state index contributed by atoms with van der Waals surface area (Å²) >= 11 is 0. The first-order valence-electron chi connectivity index (χ1n) is 11.0. The first-order valence-corrected chi connectivity index (χ1v) is 11.0. The summed E-state index contributed by atoms with van der Waals surface area (Å²) in [5, 5.41) is 17.1. The smallest absolute Gasteiger partial charge is 0.191 e. The van der Waals surface area contributed by atoms with Crippen molar-refractivity contribution in [1.29, 1.82) is 0 Å². The van der Waals surface area contributed by atoms with E-state index in [1.54, 1.807) is 25.3 Å². The molecule has 30 heavy (non-hydrogen) atoms. The second-order valence-corrected chi connectivity index (χ2v) is 8.58. The van der Waals surface area contributed by atoms with Gasteiger partial charge in [0.15, 0.2) is 5.96 Å². The van der Waals surface area contributed by atoms with Crippen molar-refractivity contribution in [3.05, 3.63) is 59.5 Å². The SMILES string of the molecule is CCNC(=NCc1cccc(CN2CCC(C)CC2)c1)NCC(C)(O)c1ccco1. The molecule has 1 unspecified atom stereocenters.